The Balaban J connectivity index is 1.56. The van der Waals surface area contributed by atoms with Crippen LogP contribution in [0.25, 0.3) is 0 Å². The van der Waals surface area contributed by atoms with E-state index in [0.717, 1.165) is 31.2 Å². The van der Waals surface area contributed by atoms with E-state index in [-0.39, 0.29) is 30.2 Å². The van der Waals surface area contributed by atoms with Crippen molar-refractivity contribution in [1.29, 1.82) is 0 Å². The number of hydrogen-bond donors (Lipinski definition) is 1. The van der Waals surface area contributed by atoms with Gasteiger partial charge in [-0.2, -0.15) is 0 Å². The molecule has 1 amide bonds. The van der Waals surface area contributed by atoms with Gasteiger partial charge in [0.05, 0.1) is 18.8 Å². The van der Waals surface area contributed by atoms with Crippen LogP contribution in [0, 0.1) is 0 Å². The lowest BCUT2D eigenvalue weighted by Gasteiger charge is -2.32. The molecule has 2 atom stereocenters. The third-order valence-corrected chi connectivity index (χ3v) is 4.57. The minimum absolute atomic E-state index is 0.00405. The molecule has 0 spiro atoms. The maximum absolute atomic E-state index is 12.3. The van der Waals surface area contributed by atoms with Gasteiger partial charge in [-0.05, 0) is 24.5 Å². The number of rotatable bonds is 6. The van der Waals surface area contributed by atoms with Crippen LogP contribution in [0.4, 0.5) is 0 Å². The third kappa shape index (κ3) is 5.03. The number of pyridine rings is 1. The number of carbonyl (C=O) groups excluding carboxylic acids is 1. The molecule has 1 fully saturated rings. The fraction of sp³-hybridized carbons (Fsp3) is 0.400. The Morgan fingerprint density at radius 2 is 1.84 bits per heavy atom. The monoisotopic (exact) mass is 340 g/mol. The first-order chi connectivity index (χ1) is 12.2. The zero-order chi connectivity index (χ0) is 17.5. The summed E-state index contributed by atoms with van der Waals surface area (Å²) in [7, 11) is 0. The van der Waals surface area contributed by atoms with E-state index in [4.69, 9.17) is 4.74 Å². The summed E-state index contributed by atoms with van der Waals surface area (Å²) in [6.07, 6.45) is 5.71. The smallest absolute Gasteiger partial charge is 0.250 e. The van der Waals surface area contributed by atoms with Gasteiger partial charge in [0.25, 0.3) is 5.56 Å². The predicted molar refractivity (Wildman–Crippen MR) is 96.1 cm³/mol. The Kier molecular flexibility index (Phi) is 6.01. The Morgan fingerprint density at radius 3 is 2.64 bits per heavy atom. The normalized spacial score (nSPS) is 20.2. The van der Waals surface area contributed by atoms with Crippen molar-refractivity contribution < 1.29 is 9.53 Å². The number of ether oxygens (including phenoxy) is 1. The Bertz CT molecular complexity index is 742. The van der Waals surface area contributed by atoms with Gasteiger partial charge in [0.2, 0.25) is 5.91 Å². The Labute approximate surface area is 147 Å². The maximum atomic E-state index is 12.3. The molecule has 5 nitrogen and oxygen atoms in total. The molecule has 5 heteroatoms. The second-order valence-electron chi connectivity index (χ2n) is 6.46. The number of aromatic nitrogens is 1. The van der Waals surface area contributed by atoms with Crippen LogP contribution in [0.5, 0.6) is 0 Å². The number of amides is 1. The van der Waals surface area contributed by atoms with Crippen LogP contribution >= 0.6 is 0 Å². The molecule has 1 saturated carbocycles. The average molecular weight is 340 g/mol. The molecule has 3 rings (SSSR count). The average Bonchev–Trinajstić information content (AvgIpc) is 2.64. The number of benzene rings is 1. The first kappa shape index (κ1) is 17.4. The number of carbonyl (C=O) groups is 1. The second-order valence-corrected chi connectivity index (χ2v) is 6.46. The van der Waals surface area contributed by atoms with Gasteiger partial charge in [0, 0.05) is 12.3 Å². The molecule has 0 bridgehead atoms. The van der Waals surface area contributed by atoms with Crippen LogP contribution in [-0.4, -0.2) is 22.6 Å². The SMILES string of the molecule is O=C(Cn1ccccc1=O)N[C@H]1CCCC[C@@H]1OCc1ccccc1. The molecule has 0 saturated heterocycles. The lowest BCUT2D eigenvalue weighted by atomic mass is 9.92. The van der Waals surface area contributed by atoms with Gasteiger partial charge in [0.1, 0.15) is 6.54 Å². The highest BCUT2D eigenvalue weighted by atomic mass is 16.5. The first-order valence-electron chi connectivity index (χ1n) is 8.83. The van der Waals surface area contributed by atoms with E-state index in [1.165, 1.54) is 10.6 Å². The second kappa shape index (κ2) is 8.62. The van der Waals surface area contributed by atoms with E-state index < -0.39 is 0 Å². The van der Waals surface area contributed by atoms with E-state index in [0.29, 0.717) is 6.61 Å². The number of hydrogen-bond acceptors (Lipinski definition) is 3. The van der Waals surface area contributed by atoms with Crippen molar-refractivity contribution in [2.24, 2.45) is 0 Å². The summed E-state index contributed by atoms with van der Waals surface area (Å²) < 4.78 is 7.49. The summed E-state index contributed by atoms with van der Waals surface area (Å²) in [5, 5.41) is 3.06. The third-order valence-electron chi connectivity index (χ3n) is 4.57. The maximum Gasteiger partial charge on any atom is 0.250 e. The minimum atomic E-state index is -0.168. The van der Waals surface area contributed by atoms with Crippen LogP contribution in [0.1, 0.15) is 31.2 Å². The molecule has 25 heavy (non-hydrogen) atoms. The zero-order valence-electron chi connectivity index (χ0n) is 14.3. The van der Waals surface area contributed by atoms with Gasteiger partial charge in [-0.15, -0.1) is 0 Å². The van der Waals surface area contributed by atoms with Gasteiger partial charge in [-0.1, -0.05) is 49.2 Å². The quantitative estimate of drug-likeness (QED) is 0.879. The summed E-state index contributed by atoms with van der Waals surface area (Å²) in [6.45, 7) is 0.595. The molecule has 1 aromatic heterocycles. The fourth-order valence-electron chi connectivity index (χ4n) is 3.24. The highest BCUT2D eigenvalue weighted by Gasteiger charge is 2.27. The van der Waals surface area contributed by atoms with Crippen molar-refractivity contribution in [3.63, 3.8) is 0 Å². The van der Waals surface area contributed by atoms with Crippen molar-refractivity contribution in [1.82, 2.24) is 9.88 Å². The summed E-state index contributed by atoms with van der Waals surface area (Å²) in [6, 6.07) is 14.9. The summed E-state index contributed by atoms with van der Waals surface area (Å²) in [5.74, 6) is -0.145. The van der Waals surface area contributed by atoms with Crippen LogP contribution in [0.3, 0.4) is 0 Å². The number of nitrogens with zero attached hydrogens (tertiary/aromatic N) is 1. The van der Waals surface area contributed by atoms with Crippen molar-refractivity contribution in [3.05, 3.63) is 70.6 Å². The van der Waals surface area contributed by atoms with E-state index in [1.807, 2.05) is 30.3 Å². The molecule has 1 aliphatic rings. The van der Waals surface area contributed by atoms with E-state index in [1.54, 1.807) is 18.3 Å². The summed E-state index contributed by atoms with van der Waals surface area (Å²) in [5.41, 5.74) is 0.965. The van der Waals surface area contributed by atoms with Crippen molar-refractivity contribution >= 4 is 5.91 Å². The predicted octanol–water partition coefficient (Wildman–Crippen LogP) is 2.49. The van der Waals surface area contributed by atoms with Crippen molar-refractivity contribution in [2.45, 2.75) is 51.0 Å². The Hall–Kier alpha value is -2.40. The molecule has 0 unspecified atom stereocenters. The number of nitrogens with one attached hydrogen (secondary N) is 1. The topological polar surface area (TPSA) is 60.3 Å². The van der Waals surface area contributed by atoms with Crippen LogP contribution < -0.4 is 10.9 Å². The van der Waals surface area contributed by atoms with Crippen LogP contribution in [-0.2, 0) is 22.7 Å². The van der Waals surface area contributed by atoms with Gasteiger partial charge < -0.3 is 14.6 Å². The molecule has 2 aromatic rings. The molecular formula is C20H24N2O3. The van der Waals surface area contributed by atoms with Gasteiger partial charge >= 0.3 is 0 Å². The molecule has 1 aromatic carbocycles. The van der Waals surface area contributed by atoms with Crippen LogP contribution in [0.15, 0.2) is 59.5 Å². The van der Waals surface area contributed by atoms with Crippen molar-refractivity contribution in [3.8, 4) is 0 Å². The van der Waals surface area contributed by atoms with Gasteiger partial charge in [0.15, 0.2) is 0 Å². The summed E-state index contributed by atoms with van der Waals surface area (Å²) in [4.78, 5) is 24.1. The molecule has 0 radical (unpaired) electrons. The lowest BCUT2D eigenvalue weighted by Crippen LogP contribution is -2.47. The van der Waals surface area contributed by atoms with Gasteiger partial charge in [-0.3, -0.25) is 9.59 Å². The highest BCUT2D eigenvalue weighted by Crippen LogP contribution is 2.22. The summed E-state index contributed by atoms with van der Waals surface area (Å²) >= 11 is 0. The van der Waals surface area contributed by atoms with E-state index in [2.05, 4.69) is 5.32 Å². The molecule has 0 aliphatic heterocycles. The first-order valence-corrected chi connectivity index (χ1v) is 8.83. The molecule has 132 valence electrons. The van der Waals surface area contributed by atoms with Crippen molar-refractivity contribution in [2.75, 3.05) is 0 Å². The molecule has 1 aliphatic carbocycles. The van der Waals surface area contributed by atoms with E-state index in [9.17, 15) is 9.59 Å². The molecule has 1 N–H and O–H groups in total. The highest BCUT2D eigenvalue weighted by molar-refractivity contribution is 5.76. The lowest BCUT2D eigenvalue weighted by molar-refractivity contribution is -0.124. The van der Waals surface area contributed by atoms with Gasteiger partial charge in [-0.25, -0.2) is 0 Å². The largest absolute Gasteiger partial charge is 0.371 e. The Morgan fingerprint density at radius 1 is 1.08 bits per heavy atom. The molecular weight excluding hydrogens is 316 g/mol. The standard InChI is InChI=1S/C20H24N2O3/c23-19(14-22-13-7-6-12-20(22)24)21-17-10-4-5-11-18(17)25-15-16-8-2-1-3-9-16/h1-3,6-9,12-13,17-18H,4-5,10-11,14-15H2,(H,21,23)/t17-,18-/m0/s1. The van der Waals surface area contributed by atoms with Crippen LogP contribution in [0.2, 0.25) is 0 Å². The zero-order valence-corrected chi connectivity index (χ0v) is 14.3. The fourth-order valence-corrected chi connectivity index (χ4v) is 3.24. The van der Waals surface area contributed by atoms with E-state index >= 15 is 0 Å². The minimum Gasteiger partial charge on any atom is -0.371 e. The molecule has 1 heterocycles.